The molecule has 0 unspecified atom stereocenters. The molecule has 0 atom stereocenters. The molecule has 0 fully saturated rings. The lowest BCUT2D eigenvalue weighted by Crippen LogP contribution is -1.83. The predicted octanol–water partition coefficient (Wildman–Crippen LogP) is 4.93. The van der Waals surface area contributed by atoms with Crippen LogP contribution in [0.5, 0.6) is 0 Å². The molecule has 1 N–H and O–H groups in total. The maximum Gasteiger partial charge on any atom is 0.0998 e. The van der Waals surface area contributed by atoms with E-state index in [1.807, 2.05) is 12.1 Å². The summed E-state index contributed by atoms with van der Waals surface area (Å²) < 4.78 is 0. The molecule has 0 aliphatic carbocycles. The van der Waals surface area contributed by atoms with Crippen molar-refractivity contribution in [1.29, 1.82) is 5.26 Å². The summed E-state index contributed by atoms with van der Waals surface area (Å²) in [5.41, 5.74) is 2.91. The molecule has 0 amide bonds. The van der Waals surface area contributed by atoms with Gasteiger partial charge >= 0.3 is 0 Å². The second kappa shape index (κ2) is 5.61. The van der Waals surface area contributed by atoms with Gasteiger partial charge in [0, 0.05) is 45.6 Å². The number of benzene rings is 1. The van der Waals surface area contributed by atoms with E-state index in [-0.39, 0.29) is 0 Å². The molecule has 0 radical (unpaired) electrons. The zero-order valence-electron chi connectivity index (χ0n) is 10.8. The first-order chi connectivity index (χ1) is 10.2. The number of halogens is 2. The van der Waals surface area contributed by atoms with Crippen molar-refractivity contribution in [2.75, 3.05) is 0 Å². The fraction of sp³-hybridized carbons (Fsp3) is 0. The normalized spacial score (nSPS) is 11.6. The van der Waals surface area contributed by atoms with Gasteiger partial charge in [-0.3, -0.25) is 4.98 Å². The van der Waals surface area contributed by atoms with Gasteiger partial charge in [-0.05, 0) is 30.3 Å². The maximum absolute atomic E-state index is 9.45. The standard InChI is InChI=1S/C16H9Cl2N3/c17-12-1-2-16-13(6-12)14(9-21-16)10(7-19)5-11-8-20-4-3-15(11)18/h1-6,8-9,21H. The zero-order valence-corrected chi connectivity index (χ0v) is 12.3. The molecular weight excluding hydrogens is 305 g/mol. The summed E-state index contributed by atoms with van der Waals surface area (Å²) in [6.07, 6.45) is 6.75. The summed E-state index contributed by atoms with van der Waals surface area (Å²) in [5, 5.41) is 11.5. The average Bonchev–Trinajstić information content (AvgIpc) is 2.89. The molecule has 3 nitrogen and oxygen atoms in total. The Kier molecular flexibility index (Phi) is 3.66. The predicted molar refractivity (Wildman–Crippen MR) is 86.0 cm³/mol. The van der Waals surface area contributed by atoms with Crippen molar-refractivity contribution < 1.29 is 0 Å². The van der Waals surface area contributed by atoms with Gasteiger partial charge in [-0.15, -0.1) is 0 Å². The molecule has 5 heteroatoms. The van der Waals surface area contributed by atoms with Crippen LogP contribution >= 0.6 is 23.2 Å². The van der Waals surface area contributed by atoms with E-state index in [1.165, 1.54) is 0 Å². The van der Waals surface area contributed by atoms with Crippen LogP contribution in [0.4, 0.5) is 0 Å². The topological polar surface area (TPSA) is 52.5 Å². The summed E-state index contributed by atoms with van der Waals surface area (Å²) in [5.74, 6) is 0. The number of rotatable bonds is 2. The molecule has 0 aliphatic rings. The van der Waals surface area contributed by atoms with Gasteiger partial charge < -0.3 is 4.98 Å². The van der Waals surface area contributed by atoms with Crippen LogP contribution in [0.2, 0.25) is 10.0 Å². The Hall–Kier alpha value is -2.28. The van der Waals surface area contributed by atoms with Crippen molar-refractivity contribution in [2.24, 2.45) is 0 Å². The van der Waals surface area contributed by atoms with Gasteiger partial charge in [0.05, 0.1) is 16.7 Å². The van der Waals surface area contributed by atoms with Crippen molar-refractivity contribution >= 4 is 45.8 Å². The summed E-state index contributed by atoms with van der Waals surface area (Å²) in [4.78, 5) is 7.15. The van der Waals surface area contributed by atoms with E-state index in [1.54, 1.807) is 36.8 Å². The molecule has 21 heavy (non-hydrogen) atoms. The molecule has 2 aromatic heterocycles. The third-order valence-electron chi connectivity index (χ3n) is 3.15. The number of aromatic nitrogens is 2. The van der Waals surface area contributed by atoms with Gasteiger partial charge in [-0.25, -0.2) is 0 Å². The first-order valence-corrected chi connectivity index (χ1v) is 6.93. The van der Waals surface area contributed by atoms with E-state index in [0.717, 1.165) is 16.5 Å². The number of pyridine rings is 1. The van der Waals surface area contributed by atoms with E-state index in [9.17, 15) is 5.26 Å². The highest BCUT2D eigenvalue weighted by Crippen LogP contribution is 2.29. The summed E-state index contributed by atoms with van der Waals surface area (Å²) in [6.45, 7) is 0. The molecule has 0 saturated carbocycles. The highest BCUT2D eigenvalue weighted by molar-refractivity contribution is 6.32. The number of nitriles is 1. The summed E-state index contributed by atoms with van der Waals surface area (Å²) in [7, 11) is 0. The molecule has 102 valence electrons. The minimum absolute atomic E-state index is 0.499. The Morgan fingerprint density at radius 2 is 2.14 bits per heavy atom. The Bertz CT molecular complexity index is 888. The number of fused-ring (bicyclic) bond motifs is 1. The van der Waals surface area contributed by atoms with Crippen LogP contribution in [0.15, 0.2) is 42.9 Å². The number of H-pyrrole nitrogens is 1. The van der Waals surface area contributed by atoms with E-state index < -0.39 is 0 Å². The first-order valence-electron chi connectivity index (χ1n) is 6.17. The van der Waals surface area contributed by atoms with Gasteiger partial charge in [0.1, 0.15) is 0 Å². The van der Waals surface area contributed by atoms with Crippen LogP contribution < -0.4 is 0 Å². The van der Waals surface area contributed by atoms with E-state index in [4.69, 9.17) is 23.2 Å². The van der Waals surface area contributed by atoms with Gasteiger partial charge in [-0.2, -0.15) is 5.26 Å². The molecule has 3 rings (SSSR count). The van der Waals surface area contributed by atoms with Crippen molar-refractivity contribution in [3.63, 3.8) is 0 Å². The molecular formula is C16H9Cl2N3. The summed E-state index contributed by atoms with van der Waals surface area (Å²) >= 11 is 12.1. The fourth-order valence-electron chi connectivity index (χ4n) is 2.14. The van der Waals surface area contributed by atoms with Gasteiger partial charge in [0.25, 0.3) is 0 Å². The van der Waals surface area contributed by atoms with Gasteiger partial charge in [0.2, 0.25) is 0 Å². The van der Waals surface area contributed by atoms with Crippen LogP contribution in [0.1, 0.15) is 11.1 Å². The fourth-order valence-corrected chi connectivity index (χ4v) is 2.47. The number of aromatic amines is 1. The molecule has 3 aromatic rings. The highest BCUT2D eigenvalue weighted by atomic mass is 35.5. The van der Waals surface area contributed by atoms with Crippen LogP contribution in [0.3, 0.4) is 0 Å². The minimum atomic E-state index is 0.499. The van der Waals surface area contributed by atoms with Crippen LogP contribution in [-0.4, -0.2) is 9.97 Å². The number of hydrogen-bond donors (Lipinski definition) is 1. The smallest absolute Gasteiger partial charge is 0.0998 e. The lowest BCUT2D eigenvalue weighted by molar-refractivity contribution is 1.32. The SMILES string of the molecule is N#CC(=Cc1cnccc1Cl)c1c[nH]c2ccc(Cl)cc12. The molecule has 0 saturated heterocycles. The van der Waals surface area contributed by atoms with E-state index >= 15 is 0 Å². The average molecular weight is 314 g/mol. The van der Waals surface area contributed by atoms with Crippen molar-refractivity contribution in [1.82, 2.24) is 9.97 Å². The largest absolute Gasteiger partial charge is 0.361 e. The number of hydrogen-bond acceptors (Lipinski definition) is 2. The monoisotopic (exact) mass is 313 g/mol. The van der Waals surface area contributed by atoms with Gasteiger partial charge in [-0.1, -0.05) is 23.2 Å². The molecule has 0 aliphatic heterocycles. The molecule has 2 heterocycles. The maximum atomic E-state index is 9.45. The minimum Gasteiger partial charge on any atom is -0.361 e. The van der Waals surface area contributed by atoms with E-state index in [2.05, 4.69) is 16.0 Å². The molecule has 0 spiro atoms. The number of allylic oxidation sites excluding steroid dienone is 1. The highest BCUT2D eigenvalue weighted by Gasteiger charge is 2.10. The number of nitrogens with zero attached hydrogens (tertiary/aromatic N) is 2. The molecule has 1 aromatic carbocycles. The first kappa shape index (κ1) is 13.7. The van der Waals surface area contributed by atoms with Crippen molar-refractivity contribution in [3.05, 3.63) is 64.0 Å². The second-order valence-electron chi connectivity index (χ2n) is 4.46. The Morgan fingerprint density at radius 3 is 2.90 bits per heavy atom. The van der Waals surface area contributed by atoms with E-state index in [0.29, 0.717) is 21.2 Å². The third-order valence-corrected chi connectivity index (χ3v) is 3.73. The third kappa shape index (κ3) is 2.64. The van der Waals surface area contributed by atoms with Crippen LogP contribution in [0, 0.1) is 11.3 Å². The molecule has 0 bridgehead atoms. The van der Waals surface area contributed by atoms with Crippen molar-refractivity contribution in [3.8, 4) is 6.07 Å². The Labute approximate surface area is 131 Å². The van der Waals surface area contributed by atoms with Crippen LogP contribution in [-0.2, 0) is 0 Å². The summed E-state index contributed by atoms with van der Waals surface area (Å²) in [6, 6.07) is 9.41. The zero-order chi connectivity index (χ0) is 14.8. The van der Waals surface area contributed by atoms with Crippen molar-refractivity contribution in [2.45, 2.75) is 0 Å². The Balaban J connectivity index is 2.18. The van der Waals surface area contributed by atoms with Gasteiger partial charge in [0.15, 0.2) is 0 Å². The Morgan fingerprint density at radius 1 is 1.29 bits per heavy atom. The quantitative estimate of drug-likeness (QED) is 0.682. The number of nitrogens with one attached hydrogen (secondary N) is 1. The van der Waals surface area contributed by atoms with Crippen LogP contribution in [0.25, 0.3) is 22.6 Å². The second-order valence-corrected chi connectivity index (χ2v) is 5.30. The lowest BCUT2D eigenvalue weighted by atomic mass is 10.0. The lowest BCUT2D eigenvalue weighted by Gasteiger charge is -2.00.